The molecule has 2 heterocycles. The van der Waals surface area contributed by atoms with Crippen LogP contribution in [0.3, 0.4) is 0 Å². The number of nitrogens with zero attached hydrogens (tertiary/aromatic N) is 3. The number of carbonyl (C=O) groups excluding carboxylic acids is 1. The van der Waals surface area contributed by atoms with E-state index in [1.807, 2.05) is 36.1 Å². The quantitative estimate of drug-likeness (QED) is 0.634. The molecule has 2 aromatic carbocycles. The van der Waals surface area contributed by atoms with Gasteiger partial charge < -0.3 is 15.0 Å². The lowest BCUT2D eigenvalue weighted by atomic mass is 9.97. The molecule has 0 bridgehead atoms. The predicted molar refractivity (Wildman–Crippen MR) is 119 cm³/mol. The average Bonchev–Trinajstić information content (AvgIpc) is 2.81. The molecular formula is C24H25FN4O2. The van der Waals surface area contributed by atoms with Crippen LogP contribution in [-0.4, -0.2) is 35.6 Å². The van der Waals surface area contributed by atoms with Crippen LogP contribution < -0.4 is 15.0 Å². The molecule has 160 valence electrons. The van der Waals surface area contributed by atoms with Crippen molar-refractivity contribution in [2.45, 2.75) is 19.8 Å². The summed E-state index contributed by atoms with van der Waals surface area (Å²) >= 11 is 0. The minimum atomic E-state index is -0.274. The number of hydrogen-bond acceptors (Lipinski definition) is 5. The Bertz CT molecular complexity index is 1010. The van der Waals surface area contributed by atoms with Gasteiger partial charge in [-0.05, 0) is 61.7 Å². The minimum Gasteiger partial charge on any atom is -0.494 e. The molecule has 1 aliphatic heterocycles. The number of rotatable bonds is 6. The summed E-state index contributed by atoms with van der Waals surface area (Å²) < 4.78 is 18.6. The van der Waals surface area contributed by atoms with Crippen LogP contribution >= 0.6 is 0 Å². The van der Waals surface area contributed by atoms with Crippen LogP contribution in [0.15, 0.2) is 60.9 Å². The fourth-order valence-corrected chi connectivity index (χ4v) is 3.69. The van der Waals surface area contributed by atoms with E-state index in [0.717, 1.165) is 42.0 Å². The number of nitrogens with one attached hydrogen (secondary N) is 1. The van der Waals surface area contributed by atoms with Crippen molar-refractivity contribution in [2.75, 3.05) is 29.9 Å². The van der Waals surface area contributed by atoms with Crippen molar-refractivity contribution in [2.24, 2.45) is 5.92 Å². The Morgan fingerprint density at radius 3 is 2.48 bits per heavy atom. The van der Waals surface area contributed by atoms with E-state index in [1.165, 1.54) is 12.1 Å². The Morgan fingerprint density at radius 1 is 1.10 bits per heavy atom. The van der Waals surface area contributed by atoms with E-state index in [2.05, 4.69) is 15.3 Å². The van der Waals surface area contributed by atoms with Gasteiger partial charge in [-0.2, -0.15) is 0 Å². The number of anilines is 2. The first kappa shape index (κ1) is 20.8. The third kappa shape index (κ3) is 5.17. The van der Waals surface area contributed by atoms with Gasteiger partial charge in [-0.15, -0.1) is 0 Å². The largest absolute Gasteiger partial charge is 0.494 e. The van der Waals surface area contributed by atoms with Crippen molar-refractivity contribution >= 4 is 17.5 Å². The van der Waals surface area contributed by atoms with Gasteiger partial charge in [-0.3, -0.25) is 4.79 Å². The molecule has 0 spiro atoms. The molecule has 0 radical (unpaired) electrons. The van der Waals surface area contributed by atoms with Gasteiger partial charge in [-0.1, -0.05) is 12.1 Å². The number of amides is 1. The maximum absolute atomic E-state index is 13.1. The highest BCUT2D eigenvalue weighted by Crippen LogP contribution is 2.24. The number of halogens is 1. The highest BCUT2D eigenvalue weighted by atomic mass is 19.1. The standard InChI is InChI=1S/C24H25FN4O2/c1-2-31-22-11-9-21(10-12-22)28-23(30)18-4-3-13-29(16-18)24-26-14-19(15-27-24)17-5-7-20(25)8-6-17/h5-12,14-15,18H,2-4,13,16H2,1H3,(H,28,30). The van der Waals surface area contributed by atoms with Gasteiger partial charge >= 0.3 is 0 Å². The van der Waals surface area contributed by atoms with Crippen molar-refractivity contribution < 1.29 is 13.9 Å². The molecule has 31 heavy (non-hydrogen) atoms. The molecule has 1 unspecified atom stereocenters. The average molecular weight is 420 g/mol. The molecule has 1 N–H and O–H groups in total. The lowest BCUT2D eigenvalue weighted by Crippen LogP contribution is -2.41. The highest BCUT2D eigenvalue weighted by Gasteiger charge is 2.27. The fourth-order valence-electron chi connectivity index (χ4n) is 3.69. The van der Waals surface area contributed by atoms with Crippen LogP contribution in [0.1, 0.15) is 19.8 Å². The molecule has 1 aliphatic rings. The third-order valence-corrected chi connectivity index (χ3v) is 5.32. The summed E-state index contributed by atoms with van der Waals surface area (Å²) in [6.45, 7) is 3.92. The Labute approximate surface area is 181 Å². The zero-order valence-electron chi connectivity index (χ0n) is 17.4. The smallest absolute Gasteiger partial charge is 0.229 e. The van der Waals surface area contributed by atoms with Gasteiger partial charge in [0, 0.05) is 36.7 Å². The Morgan fingerprint density at radius 2 is 1.81 bits per heavy atom. The van der Waals surface area contributed by atoms with E-state index < -0.39 is 0 Å². The van der Waals surface area contributed by atoms with Crippen LogP contribution in [0.2, 0.25) is 0 Å². The molecule has 1 fully saturated rings. The molecule has 1 aromatic heterocycles. The minimum absolute atomic E-state index is 0.00297. The van der Waals surface area contributed by atoms with Crippen molar-refractivity contribution in [1.29, 1.82) is 0 Å². The summed E-state index contributed by atoms with van der Waals surface area (Å²) in [4.78, 5) is 23.8. The second-order valence-electron chi connectivity index (χ2n) is 7.51. The van der Waals surface area contributed by atoms with Gasteiger partial charge in [0.15, 0.2) is 0 Å². The summed E-state index contributed by atoms with van der Waals surface area (Å²) in [5, 5.41) is 3.00. The maximum atomic E-state index is 13.1. The van der Waals surface area contributed by atoms with Crippen LogP contribution in [0.5, 0.6) is 5.75 Å². The summed E-state index contributed by atoms with van der Waals surface area (Å²) in [6, 6.07) is 13.6. The molecule has 7 heteroatoms. The summed E-state index contributed by atoms with van der Waals surface area (Å²) in [6.07, 6.45) is 5.19. The lowest BCUT2D eigenvalue weighted by Gasteiger charge is -2.32. The Hall–Kier alpha value is -3.48. The Balaban J connectivity index is 1.38. The topological polar surface area (TPSA) is 67.3 Å². The first-order valence-electron chi connectivity index (χ1n) is 10.5. The van der Waals surface area contributed by atoms with Gasteiger partial charge in [0.05, 0.1) is 12.5 Å². The van der Waals surface area contributed by atoms with Gasteiger partial charge in [0.25, 0.3) is 0 Å². The summed E-state index contributed by atoms with van der Waals surface area (Å²) in [5.41, 5.74) is 2.44. The molecule has 6 nitrogen and oxygen atoms in total. The second kappa shape index (κ2) is 9.55. The predicted octanol–water partition coefficient (Wildman–Crippen LogP) is 4.54. The lowest BCUT2D eigenvalue weighted by molar-refractivity contribution is -0.120. The maximum Gasteiger partial charge on any atom is 0.229 e. The molecule has 4 rings (SSSR count). The van der Waals surface area contributed by atoms with E-state index in [-0.39, 0.29) is 17.6 Å². The van der Waals surface area contributed by atoms with E-state index in [0.29, 0.717) is 19.1 Å². The van der Waals surface area contributed by atoms with E-state index >= 15 is 0 Å². The number of aromatic nitrogens is 2. The van der Waals surface area contributed by atoms with Crippen molar-refractivity contribution in [1.82, 2.24) is 9.97 Å². The van der Waals surface area contributed by atoms with Crippen molar-refractivity contribution in [3.05, 3.63) is 66.7 Å². The summed E-state index contributed by atoms with van der Waals surface area (Å²) in [5.74, 6) is 0.969. The number of carbonyl (C=O) groups is 1. The van der Waals surface area contributed by atoms with Crippen molar-refractivity contribution in [3.63, 3.8) is 0 Å². The summed E-state index contributed by atoms with van der Waals surface area (Å²) in [7, 11) is 0. The van der Waals surface area contributed by atoms with Gasteiger partial charge in [0.2, 0.25) is 11.9 Å². The second-order valence-corrected chi connectivity index (χ2v) is 7.51. The SMILES string of the molecule is CCOc1ccc(NC(=O)C2CCCN(c3ncc(-c4ccc(F)cc4)cn3)C2)cc1. The number of hydrogen-bond donors (Lipinski definition) is 1. The van der Waals surface area contributed by atoms with Crippen LogP contribution in [0.4, 0.5) is 16.0 Å². The Kier molecular flexibility index (Phi) is 6.40. The first-order valence-corrected chi connectivity index (χ1v) is 10.5. The molecule has 3 aromatic rings. The molecule has 1 atom stereocenters. The first-order chi connectivity index (χ1) is 15.1. The molecule has 0 aliphatic carbocycles. The number of ether oxygens (including phenoxy) is 1. The van der Waals surface area contributed by atoms with Gasteiger partial charge in [0.1, 0.15) is 11.6 Å². The molecule has 1 amide bonds. The molecule has 1 saturated heterocycles. The van der Waals surface area contributed by atoms with E-state index in [9.17, 15) is 9.18 Å². The molecular weight excluding hydrogens is 395 g/mol. The molecule has 0 saturated carbocycles. The zero-order chi connectivity index (χ0) is 21.6. The highest BCUT2D eigenvalue weighted by molar-refractivity contribution is 5.93. The number of benzene rings is 2. The van der Waals surface area contributed by atoms with Crippen LogP contribution in [0, 0.1) is 11.7 Å². The number of piperidine rings is 1. The third-order valence-electron chi connectivity index (χ3n) is 5.32. The van der Waals surface area contributed by atoms with E-state index in [4.69, 9.17) is 4.74 Å². The zero-order valence-corrected chi connectivity index (χ0v) is 17.4. The van der Waals surface area contributed by atoms with E-state index in [1.54, 1.807) is 24.5 Å². The van der Waals surface area contributed by atoms with Crippen molar-refractivity contribution in [3.8, 4) is 16.9 Å². The van der Waals surface area contributed by atoms with Crippen LogP contribution in [0.25, 0.3) is 11.1 Å². The fraction of sp³-hybridized carbons (Fsp3) is 0.292. The monoisotopic (exact) mass is 420 g/mol. The van der Waals surface area contributed by atoms with Crippen LogP contribution in [-0.2, 0) is 4.79 Å². The van der Waals surface area contributed by atoms with Gasteiger partial charge in [-0.25, -0.2) is 14.4 Å². The normalized spacial score (nSPS) is 16.1.